The van der Waals surface area contributed by atoms with Crippen LogP contribution in [0.15, 0.2) is 18.2 Å². The molecule has 0 spiro atoms. The van der Waals surface area contributed by atoms with E-state index >= 15 is 0 Å². The topological polar surface area (TPSA) is 29.3 Å². The Labute approximate surface area is 115 Å². The molecule has 19 heavy (non-hydrogen) atoms. The molecule has 1 fully saturated rings. The third-order valence-electron chi connectivity index (χ3n) is 4.32. The highest BCUT2D eigenvalue weighted by Gasteiger charge is 2.22. The summed E-state index contributed by atoms with van der Waals surface area (Å²) in [5.41, 5.74) is 7.78. The Hall–Kier alpha value is -0.930. The van der Waals surface area contributed by atoms with Crippen molar-refractivity contribution < 1.29 is 4.39 Å². The number of halogens is 1. The molecule has 0 amide bonds. The zero-order valence-electron chi connectivity index (χ0n) is 12.0. The summed E-state index contributed by atoms with van der Waals surface area (Å²) < 4.78 is 13.5. The molecule has 1 aliphatic rings. The fraction of sp³-hybridized carbons (Fsp3) is 0.625. The van der Waals surface area contributed by atoms with Crippen molar-refractivity contribution in [3.05, 3.63) is 35.1 Å². The molecule has 0 radical (unpaired) electrons. The van der Waals surface area contributed by atoms with Crippen LogP contribution in [-0.4, -0.2) is 24.0 Å². The second-order valence-corrected chi connectivity index (χ2v) is 5.64. The lowest BCUT2D eigenvalue weighted by atomic mass is 10.0. The standard InChI is InChI=1S/C16H25FN2/c1-3-14-5-4-9-19(14)10-8-16(18)13-7-6-12(2)15(17)11-13/h6-7,11,14,16H,3-5,8-10,18H2,1-2H3. The minimum Gasteiger partial charge on any atom is -0.324 e. The molecule has 106 valence electrons. The maximum absolute atomic E-state index is 13.5. The normalized spacial score (nSPS) is 21.8. The van der Waals surface area contributed by atoms with Crippen LogP contribution in [0.5, 0.6) is 0 Å². The summed E-state index contributed by atoms with van der Waals surface area (Å²) in [6.45, 7) is 6.24. The molecule has 1 saturated heterocycles. The average Bonchev–Trinajstić information content (AvgIpc) is 2.86. The van der Waals surface area contributed by atoms with E-state index < -0.39 is 0 Å². The Morgan fingerprint density at radius 1 is 1.47 bits per heavy atom. The van der Waals surface area contributed by atoms with Crippen molar-refractivity contribution in [3.8, 4) is 0 Å². The van der Waals surface area contributed by atoms with E-state index in [1.54, 1.807) is 13.0 Å². The Morgan fingerprint density at radius 3 is 2.95 bits per heavy atom. The summed E-state index contributed by atoms with van der Waals surface area (Å²) >= 11 is 0. The number of hydrogen-bond donors (Lipinski definition) is 1. The van der Waals surface area contributed by atoms with Gasteiger partial charge in [0.25, 0.3) is 0 Å². The number of nitrogens with two attached hydrogens (primary N) is 1. The van der Waals surface area contributed by atoms with Crippen LogP contribution >= 0.6 is 0 Å². The van der Waals surface area contributed by atoms with Crippen LogP contribution in [0.25, 0.3) is 0 Å². The molecule has 2 N–H and O–H groups in total. The Bertz CT molecular complexity index is 419. The second-order valence-electron chi connectivity index (χ2n) is 5.64. The molecule has 0 aliphatic carbocycles. The van der Waals surface area contributed by atoms with E-state index in [-0.39, 0.29) is 11.9 Å². The van der Waals surface area contributed by atoms with Gasteiger partial charge in [0.15, 0.2) is 0 Å². The van der Waals surface area contributed by atoms with Crippen LogP contribution in [0.2, 0.25) is 0 Å². The molecule has 0 saturated carbocycles. The van der Waals surface area contributed by atoms with Crippen molar-refractivity contribution in [1.29, 1.82) is 0 Å². The number of benzene rings is 1. The van der Waals surface area contributed by atoms with Gasteiger partial charge >= 0.3 is 0 Å². The average molecular weight is 264 g/mol. The molecule has 1 aliphatic heterocycles. The van der Waals surface area contributed by atoms with Crippen molar-refractivity contribution in [2.75, 3.05) is 13.1 Å². The van der Waals surface area contributed by atoms with Crippen molar-refractivity contribution in [3.63, 3.8) is 0 Å². The van der Waals surface area contributed by atoms with Gasteiger partial charge in [0.1, 0.15) is 5.82 Å². The Balaban J connectivity index is 1.90. The highest BCUT2D eigenvalue weighted by molar-refractivity contribution is 5.25. The smallest absolute Gasteiger partial charge is 0.126 e. The molecular weight excluding hydrogens is 239 g/mol. The fourth-order valence-corrected chi connectivity index (χ4v) is 2.96. The van der Waals surface area contributed by atoms with Gasteiger partial charge < -0.3 is 10.6 Å². The SMILES string of the molecule is CCC1CCCN1CCC(N)c1ccc(C)c(F)c1. The lowest BCUT2D eigenvalue weighted by Crippen LogP contribution is -2.31. The third kappa shape index (κ3) is 3.54. The Kier molecular flexibility index (Phi) is 4.94. The molecule has 1 aromatic rings. The highest BCUT2D eigenvalue weighted by atomic mass is 19.1. The molecule has 1 heterocycles. The van der Waals surface area contributed by atoms with Gasteiger partial charge in [-0.3, -0.25) is 0 Å². The summed E-state index contributed by atoms with van der Waals surface area (Å²) in [5, 5.41) is 0. The van der Waals surface area contributed by atoms with Crippen LogP contribution in [0.1, 0.15) is 49.8 Å². The van der Waals surface area contributed by atoms with Crippen molar-refractivity contribution in [2.24, 2.45) is 5.73 Å². The zero-order chi connectivity index (χ0) is 13.8. The van der Waals surface area contributed by atoms with Crippen molar-refractivity contribution >= 4 is 0 Å². The predicted octanol–water partition coefficient (Wildman–Crippen LogP) is 3.40. The van der Waals surface area contributed by atoms with Gasteiger partial charge in [0, 0.05) is 18.6 Å². The maximum Gasteiger partial charge on any atom is 0.126 e. The first-order valence-corrected chi connectivity index (χ1v) is 7.37. The molecular formula is C16H25FN2. The van der Waals surface area contributed by atoms with Gasteiger partial charge in [-0.1, -0.05) is 19.1 Å². The van der Waals surface area contributed by atoms with E-state index in [2.05, 4.69) is 11.8 Å². The second kappa shape index (κ2) is 6.49. The molecule has 3 heteroatoms. The monoisotopic (exact) mass is 264 g/mol. The van der Waals surface area contributed by atoms with Gasteiger partial charge in [-0.2, -0.15) is 0 Å². The molecule has 0 aromatic heterocycles. The van der Waals surface area contributed by atoms with Gasteiger partial charge in [0.2, 0.25) is 0 Å². The lowest BCUT2D eigenvalue weighted by Gasteiger charge is -2.25. The quantitative estimate of drug-likeness (QED) is 0.883. The zero-order valence-corrected chi connectivity index (χ0v) is 12.0. The minimum atomic E-state index is -0.152. The van der Waals surface area contributed by atoms with E-state index in [0.717, 1.165) is 24.6 Å². The summed E-state index contributed by atoms with van der Waals surface area (Å²) in [6.07, 6.45) is 4.73. The van der Waals surface area contributed by atoms with Crippen LogP contribution in [0.3, 0.4) is 0 Å². The van der Waals surface area contributed by atoms with Crippen LogP contribution < -0.4 is 5.73 Å². The maximum atomic E-state index is 13.5. The number of hydrogen-bond acceptors (Lipinski definition) is 2. The molecule has 2 rings (SSSR count). The number of aryl methyl sites for hydroxylation is 1. The first-order valence-electron chi connectivity index (χ1n) is 7.37. The van der Waals surface area contributed by atoms with Gasteiger partial charge in [-0.15, -0.1) is 0 Å². The first-order chi connectivity index (χ1) is 9.11. The third-order valence-corrected chi connectivity index (χ3v) is 4.32. The van der Waals surface area contributed by atoms with Crippen molar-refractivity contribution in [1.82, 2.24) is 4.90 Å². The summed E-state index contributed by atoms with van der Waals surface area (Å²) in [4.78, 5) is 2.53. The molecule has 2 atom stereocenters. The molecule has 1 aromatic carbocycles. The Morgan fingerprint density at radius 2 is 2.26 bits per heavy atom. The summed E-state index contributed by atoms with van der Waals surface area (Å²) in [5.74, 6) is -0.152. The van der Waals surface area contributed by atoms with E-state index in [0.29, 0.717) is 5.56 Å². The first kappa shape index (κ1) is 14.5. The largest absolute Gasteiger partial charge is 0.324 e. The number of rotatable bonds is 5. The van der Waals surface area contributed by atoms with Crippen molar-refractivity contribution in [2.45, 2.75) is 51.6 Å². The van der Waals surface area contributed by atoms with Crippen LogP contribution in [0.4, 0.5) is 4.39 Å². The van der Waals surface area contributed by atoms with Crippen LogP contribution in [-0.2, 0) is 0 Å². The predicted molar refractivity (Wildman–Crippen MR) is 77.6 cm³/mol. The van der Waals surface area contributed by atoms with Gasteiger partial charge in [0.05, 0.1) is 0 Å². The number of nitrogens with zero attached hydrogens (tertiary/aromatic N) is 1. The van der Waals surface area contributed by atoms with Gasteiger partial charge in [-0.25, -0.2) is 4.39 Å². The molecule has 2 nitrogen and oxygen atoms in total. The molecule has 2 unspecified atom stereocenters. The summed E-state index contributed by atoms with van der Waals surface area (Å²) in [6, 6.07) is 6.01. The molecule has 0 bridgehead atoms. The van der Waals surface area contributed by atoms with E-state index in [4.69, 9.17) is 5.73 Å². The fourth-order valence-electron chi connectivity index (χ4n) is 2.96. The summed E-state index contributed by atoms with van der Waals surface area (Å²) in [7, 11) is 0. The lowest BCUT2D eigenvalue weighted by molar-refractivity contribution is 0.239. The van der Waals surface area contributed by atoms with Crippen LogP contribution in [0, 0.1) is 12.7 Å². The van der Waals surface area contributed by atoms with E-state index in [9.17, 15) is 4.39 Å². The number of likely N-dealkylation sites (tertiary alicyclic amines) is 1. The highest BCUT2D eigenvalue weighted by Crippen LogP contribution is 2.23. The van der Waals surface area contributed by atoms with E-state index in [1.807, 2.05) is 12.1 Å². The van der Waals surface area contributed by atoms with E-state index in [1.165, 1.54) is 25.8 Å². The van der Waals surface area contributed by atoms with Gasteiger partial charge in [-0.05, 0) is 56.3 Å². The minimum absolute atomic E-state index is 0.0618.